The second-order valence-electron chi connectivity index (χ2n) is 6.48. The molecule has 2 unspecified atom stereocenters. The van der Waals surface area contributed by atoms with E-state index in [0.717, 1.165) is 18.4 Å². The summed E-state index contributed by atoms with van der Waals surface area (Å²) in [6.45, 7) is 4.47. The topological polar surface area (TPSA) is 29.3 Å². The third kappa shape index (κ3) is 2.85. The zero-order valence-electron chi connectivity index (χ0n) is 11.8. The van der Waals surface area contributed by atoms with Gasteiger partial charge in [0, 0.05) is 18.6 Å². The zero-order valence-corrected chi connectivity index (χ0v) is 11.8. The van der Waals surface area contributed by atoms with Crippen LogP contribution in [-0.2, 0) is 0 Å². The summed E-state index contributed by atoms with van der Waals surface area (Å²) < 4.78 is 0. The first-order chi connectivity index (χ1) is 8.20. The lowest BCUT2D eigenvalue weighted by molar-refractivity contribution is 0.107. The fourth-order valence-corrected chi connectivity index (χ4v) is 4.02. The predicted molar refractivity (Wildman–Crippen MR) is 74.0 cm³/mol. The molecule has 2 nitrogen and oxygen atoms in total. The molecule has 2 atom stereocenters. The Morgan fingerprint density at radius 1 is 1.18 bits per heavy atom. The van der Waals surface area contributed by atoms with Crippen molar-refractivity contribution in [2.24, 2.45) is 17.6 Å². The van der Waals surface area contributed by atoms with Crippen LogP contribution < -0.4 is 5.73 Å². The van der Waals surface area contributed by atoms with Crippen molar-refractivity contribution in [3.8, 4) is 0 Å². The predicted octanol–water partition coefficient (Wildman–Crippen LogP) is 3.02. The molecule has 0 amide bonds. The molecule has 0 radical (unpaired) electrons. The summed E-state index contributed by atoms with van der Waals surface area (Å²) in [6.07, 6.45) is 11.2. The smallest absolute Gasteiger partial charge is 0.0331 e. The SMILES string of the molecule is CCC1CCC(CN)(N(C)CC2CCCC2)C1. The maximum absolute atomic E-state index is 6.12. The van der Waals surface area contributed by atoms with E-state index in [2.05, 4.69) is 18.9 Å². The summed E-state index contributed by atoms with van der Waals surface area (Å²) in [5.41, 5.74) is 6.46. The molecule has 2 rings (SSSR count). The van der Waals surface area contributed by atoms with Crippen LogP contribution in [0.3, 0.4) is 0 Å². The highest BCUT2D eigenvalue weighted by Crippen LogP contribution is 2.40. The molecule has 17 heavy (non-hydrogen) atoms. The minimum Gasteiger partial charge on any atom is -0.329 e. The lowest BCUT2D eigenvalue weighted by Gasteiger charge is -2.39. The van der Waals surface area contributed by atoms with Gasteiger partial charge in [0.25, 0.3) is 0 Å². The Balaban J connectivity index is 1.92. The molecule has 0 aliphatic heterocycles. The van der Waals surface area contributed by atoms with Gasteiger partial charge >= 0.3 is 0 Å². The van der Waals surface area contributed by atoms with Crippen molar-refractivity contribution in [1.82, 2.24) is 4.90 Å². The summed E-state index contributed by atoms with van der Waals surface area (Å²) in [5.74, 6) is 1.87. The first kappa shape index (κ1) is 13.4. The maximum Gasteiger partial charge on any atom is 0.0331 e. The third-order valence-corrected chi connectivity index (χ3v) is 5.46. The highest BCUT2D eigenvalue weighted by molar-refractivity contribution is 4.98. The van der Waals surface area contributed by atoms with Crippen LogP contribution >= 0.6 is 0 Å². The van der Waals surface area contributed by atoms with Crippen LogP contribution in [0.25, 0.3) is 0 Å². The van der Waals surface area contributed by atoms with Gasteiger partial charge in [-0.3, -0.25) is 4.90 Å². The second-order valence-corrected chi connectivity index (χ2v) is 6.48. The van der Waals surface area contributed by atoms with Crippen molar-refractivity contribution >= 4 is 0 Å². The number of likely N-dealkylation sites (N-methyl/N-ethyl adjacent to an activating group) is 1. The molecule has 0 aromatic rings. The minimum absolute atomic E-state index is 0.337. The Hall–Kier alpha value is -0.0800. The normalized spacial score (nSPS) is 34.9. The average molecular weight is 238 g/mol. The molecule has 2 fully saturated rings. The molecule has 0 bridgehead atoms. The minimum atomic E-state index is 0.337. The molecule has 0 heterocycles. The fraction of sp³-hybridized carbons (Fsp3) is 1.00. The van der Waals surface area contributed by atoms with Crippen molar-refractivity contribution in [1.29, 1.82) is 0 Å². The molecule has 0 saturated heterocycles. The quantitative estimate of drug-likeness (QED) is 0.798. The first-order valence-electron chi connectivity index (χ1n) is 7.61. The van der Waals surface area contributed by atoms with Gasteiger partial charge in [-0.2, -0.15) is 0 Å². The van der Waals surface area contributed by atoms with Crippen molar-refractivity contribution in [3.63, 3.8) is 0 Å². The van der Waals surface area contributed by atoms with Gasteiger partial charge in [0.1, 0.15) is 0 Å². The lowest BCUT2D eigenvalue weighted by Crippen LogP contribution is -2.51. The van der Waals surface area contributed by atoms with Crippen LogP contribution in [0.5, 0.6) is 0 Å². The Labute approximate surface area is 107 Å². The van der Waals surface area contributed by atoms with E-state index in [1.807, 2.05) is 0 Å². The highest BCUT2D eigenvalue weighted by atomic mass is 15.2. The summed E-state index contributed by atoms with van der Waals surface area (Å²) in [5, 5.41) is 0. The van der Waals surface area contributed by atoms with E-state index in [1.54, 1.807) is 0 Å². The molecule has 2 aliphatic rings. The molecule has 0 aromatic carbocycles. The average Bonchev–Trinajstić information content (AvgIpc) is 2.97. The lowest BCUT2D eigenvalue weighted by atomic mass is 9.92. The molecule has 0 spiro atoms. The Morgan fingerprint density at radius 2 is 1.88 bits per heavy atom. The maximum atomic E-state index is 6.12. The summed E-state index contributed by atoms with van der Waals surface area (Å²) in [7, 11) is 2.32. The molecule has 100 valence electrons. The monoisotopic (exact) mass is 238 g/mol. The third-order valence-electron chi connectivity index (χ3n) is 5.46. The van der Waals surface area contributed by atoms with Gasteiger partial charge < -0.3 is 5.73 Å². The van der Waals surface area contributed by atoms with Crippen LogP contribution in [0.2, 0.25) is 0 Å². The summed E-state index contributed by atoms with van der Waals surface area (Å²) in [4.78, 5) is 2.62. The van der Waals surface area contributed by atoms with Crippen LogP contribution in [0.4, 0.5) is 0 Å². The number of nitrogens with two attached hydrogens (primary N) is 1. The van der Waals surface area contributed by atoms with Gasteiger partial charge in [-0.05, 0) is 51.0 Å². The van der Waals surface area contributed by atoms with Crippen molar-refractivity contribution in [3.05, 3.63) is 0 Å². The molecule has 2 heteroatoms. The number of rotatable bonds is 5. The second kappa shape index (κ2) is 5.71. The zero-order chi connectivity index (χ0) is 12.3. The van der Waals surface area contributed by atoms with E-state index >= 15 is 0 Å². The van der Waals surface area contributed by atoms with Crippen LogP contribution in [0.15, 0.2) is 0 Å². The Bertz CT molecular complexity index is 235. The van der Waals surface area contributed by atoms with Gasteiger partial charge in [-0.15, -0.1) is 0 Å². The van der Waals surface area contributed by atoms with Gasteiger partial charge in [0.15, 0.2) is 0 Å². The van der Waals surface area contributed by atoms with Crippen LogP contribution in [0.1, 0.15) is 58.3 Å². The summed E-state index contributed by atoms with van der Waals surface area (Å²) in [6, 6.07) is 0. The Morgan fingerprint density at radius 3 is 2.41 bits per heavy atom. The standard InChI is InChI=1S/C15H30N2/c1-3-13-8-9-15(10-13,12-16)17(2)11-14-6-4-5-7-14/h13-14H,3-12,16H2,1-2H3. The number of hydrogen-bond donors (Lipinski definition) is 1. The van der Waals surface area contributed by atoms with Crippen molar-refractivity contribution < 1.29 is 0 Å². The van der Waals surface area contributed by atoms with E-state index in [1.165, 1.54) is 57.9 Å². The van der Waals surface area contributed by atoms with Crippen molar-refractivity contribution in [2.75, 3.05) is 20.1 Å². The summed E-state index contributed by atoms with van der Waals surface area (Å²) >= 11 is 0. The fourth-order valence-electron chi connectivity index (χ4n) is 4.02. The number of hydrogen-bond acceptors (Lipinski definition) is 2. The molecule has 2 aliphatic carbocycles. The molecule has 0 aromatic heterocycles. The van der Waals surface area contributed by atoms with E-state index in [4.69, 9.17) is 5.73 Å². The Kier molecular flexibility index (Phi) is 4.48. The van der Waals surface area contributed by atoms with Gasteiger partial charge in [-0.1, -0.05) is 26.2 Å². The van der Waals surface area contributed by atoms with Crippen LogP contribution in [0, 0.1) is 11.8 Å². The van der Waals surface area contributed by atoms with Gasteiger partial charge in [0.2, 0.25) is 0 Å². The molecular formula is C15H30N2. The largest absolute Gasteiger partial charge is 0.329 e. The van der Waals surface area contributed by atoms with E-state index < -0.39 is 0 Å². The van der Waals surface area contributed by atoms with E-state index in [9.17, 15) is 0 Å². The van der Waals surface area contributed by atoms with Crippen LogP contribution in [-0.4, -0.2) is 30.6 Å². The van der Waals surface area contributed by atoms with E-state index in [-0.39, 0.29) is 0 Å². The van der Waals surface area contributed by atoms with Crippen molar-refractivity contribution in [2.45, 2.75) is 63.8 Å². The molecular weight excluding hydrogens is 208 g/mol. The number of nitrogens with zero attached hydrogens (tertiary/aromatic N) is 1. The van der Waals surface area contributed by atoms with Gasteiger partial charge in [0.05, 0.1) is 0 Å². The first-order valence-corrected chi connectivity index (χ1v) is 7.61. The van der Waals surface area contributed by atoms with Gasteiger partial charge in [-0.25, -0.2) is 0 Å². The molecule has 2 saturated carbocycles. The highest BCUT2D eigenvalue weighted by Gasteiger charge is 2.41. The molecule has 2 N–H and O–H groups in total. The van der Waals surface area contributed by atoms with E-state index in [0.29, 0.717) is 5.54 Å².